The van der Waals surface area contributed by atoms with Gasteiger partial charge in [0.2, 0.25) is 0 Å². The van der Waals surface area contributed by atoms with Crippen LogP contribution in [0.15, 0.2) is 36.4 Å². The normalized spacial score (nSPS) is 12.8. The second-order valence-corrected chi connectivity index (χ2v) is 4.58. The minimum absolute atomic E-state index is 0.261. The van der Waals surface area contributed by atoms with Gasteiger partial charge >= 0.3 is 0 Å². The van der Waals surface area contributed by atoms with Crippen LogP contribution in [0.5, 0.6) is 11.5 Å². The van der Waals surface area contributed by atoms with E-state index in [1.54, 1.807) is 12.1 Å². The number of carbonyl (C=O) groups is 1. The van der Waals surface area contributed by atoms with Gasteiger partial charge in [0.05, 0.1) is 11.3 Å². The lowest BCUT2D eigenvalue weighted by Crippen LogP contribution is -2.21. The lowest BCUT2D eigenvalue weighted by atomic mass is 10.1. The largest absolute Gasteiger partial charge is 0.505 e. The van der Waals surface area contributed by atoms with E-state index in [0.717, 1.165) is 11.8 Å². The third kappa shape index (κ3) is 2.60. The molecule has 6 heteroatoms. The van der Waals surface area contributed by atoms with Gasteiger partial charge in [0.15, 0.2) is 17.3 Å². The van der Waals surface area contributed by atoms with E-state index in [9.17, 15) is 9.18 Å². The molecule has 108 valence electrons. The molecule has 1 amide bonds. The summed E-state index contributed by atoms with van der Waals surface area (Å²) in [6.07, 6.45) is 0. The van der Waals surface area contributed by atoms with Gasteiger partial charge < -0.3 is 20.5 Å². The molecule has 1 aliphatic heterocycles. The molecule has 0 saturated heterocycles. The first-order valence-corrected chi connectivity index (χ1v) is 6.45. The van der Waals surface area contributed by atoms with Crippen molar-refractivity contribution in [1.29, 1.82) is 0 Å². The second-order valence-electron chi connectivity index (χ2n) is 4.58. The number of ether oxygens (including phenoxy) is 1. The summed E-state index contributed by atoms with van der Waals surface area (Å²) in [5.41, 5.74) is 1.38. The fraction of sp³-hybridized carbons (Fsp3) is 0.133. The summed E-state index contributed by atoms with van der Waals surface area (Å²) in [5, 5.41) is 14.9. The number of aromatic hydroxyl groups is 1. The van der Waals surface area contributed by atoms with E-state index in [1.807, 2.05) is 6.07 Å². The smallest absolute Gasteiger partial charge is 0.259 e. The van der Waals surface area contributed by atoms with Crippen LogP contribution >= 0.6 is 0 Å². The summed E-state index contributed by atoms with van der Waals surface area (Å²) in [4.78, 5) is 12.3. The van der Waals surface area contributed by atoms with Crippen LogP contribution < -0.4 is 15.4 Å². The first-order valence-electron chi connectivity index (χ1n) is 6.45. The number of amides is 1. The molecule has 0 bridgehead atoms. The highest BCUT2D eigenvalue weighted by molar-refractivity contribution is 6.07. The first-order chi connectivity index (χ1) is 10.1. The number of rotatable bonds is 2. The molecule has 0 saturated carbocycles. The van der Waals surface area contributed by atoms with E-state index in [4.69, 9.17) is 9.84 Å². The van der Waals surface area contributed by atoms with E-state index in [-0.39, 0.29) is 5.69 Å². The number of para-hydroxylation sites is 1. The SMILES string of the molecule is O=C(Nc1ccc(O)c(F)c1)c1cccc2c1OCCN2. The Bertz CT molecular complexity index is 703. The maximum Gasteiger partial charge on any atom is 0.259 e. The predicted octanol–water partition coefficient (Wildman–Crippen LogP) is 2.59. The van der Waals surface area contributed by atoms with E-state index in [1.165, 1.54) is 12.1 Å². The standard InChI is InChI=1S/C15H13FN2O3/c16-11-8-9(4-5-13(11)19)18-15(20)10-2-1-3-12-14(10)21-7-6-17-12/h1-5,8,17,19H,6-7H2,(H,18,20). The number of anilines is 2. The summed E-state index contributed by atoms with van der Waals surface area (Å²) in [5.74, 6) is -1.17. The maximum atomic E-state index is 13.3. The topological polar surface area (TPSA) is 70.6 Å². The van der Waals surface area contributed by atoms with E-state index in [0.29, 0.717) is 24.5 Å². The number of hydrogen-bond acceptors (Lipinski definition) is 4. The van der Waals surface area contributed by atoms with Gasteiger partial charge in [-0.05, 0) is 24.3 Å². The number of phenols is 1. The molecule has 2 aromatic carbocycles. The highest BCUT2D eigenvalue weighted by Gasteiger charge is 2.19. The number of carbonyl (C=O) groups excluding carboxylic acids is 1. The quantitative estimate of drug-likeness (QED) is 0.743. The summed E-state index contributed by atoms with van der Waals surface area (Å²) in [6.45, 7) is 1.16. The molecule has 0 fully saturated rings. The number of halogens is 1. The Morgan fingerprint density at radius 3 is 3.00 bits per heavy atom. The zero-order chi connectivity index (χ0) is 14.8. The van der Waals surface area contributed by atoms with Crippen LogP contribution in [0.1, 0.15) is 10.4 Å². The molecule has 3 rings (SSSR count). The van der Waals surface area contributed by atoms with Crippen LogP contribution in [-0.2, 0) is 0 Å². The fourth-order valence-electron chi connectivity index (χ4n) is 2.13. The third-order valence-corrected chi connectivity index (χ3v) is 3.13. The molecule has 1 heterocycles. The molecule has 0 aromatic heterocycles. The summed E-state index contributed by atoms with van der Waals surface area (Å²) in [6, 6.07) is 8.87. The van der Waals surface area contributed by atoms with E-state index >= 15 is 0 Å². The Hall–Kier alpha value is -2.76. The molecular weight excluding hydrogens is 275 g/mol. The number of nitrogens with one attached hydrogen (secondary N) is 2. The van der Waals surface area contributed by atoms with E-state index in [2.05, 4.69) is 10.6 Å². The van der Waals surface area contributed by atoms with Crippen LogP contribution in [0.3, 0.4) is 0 Å². The van der Waals surface area contributed by atoms with Gasteiger partial charge in [0.25, 0.3) is 5.91 Å². The summed E-state index contributed by atoms with van der Waals surface area (Å²) >= 11 is 0. The van der Waals surface area contributed by atoms with Gasteiger partial charge in [0.1, 0.15) is 6.61 Å². The van der Waals surface area contributed by atoms with Crippen LogP contribution in [-0.4, -0.2) is 24.2 Å². The molecule has 5 nitrogen and oxygen atoms in total. The van der Waals surface area contributed by atoms with Crippen molar-refractivity contribution < 1.29 is 19.0 Å². The Morgan fingerprint density at radius 1 is 1.33 bits per heavy atom. The second kappa shape index (κ2) is 5.32. The average molecular weight is 288 g/mol. The maximum absolute atomic E-state index is 13.3. The van der Waals surface area contributed by atoms with Crippen molar-refractivity contribution in [1.82, 2.24) is 0 Å². The number of benzene rings is 2. The van der Waals surface area contributed by atoms with Crippen molar-refractivity contribution in [3.63, 3.8) is 0 Å². The van der Waals surface area contributed by atoms with Crippen molar-refractivity contribution in [3.05, 3.63) is 47.8 Å². The van der Waals surface area contributed by atoms with Crippen LogP contribution in [0.25, 0.3) is 0 Å². The van der Waals surface area contributed by atoms with Crippen LogP contribution in [0.4, 0.5) is 15.8 Å². The molecule has 1 aliphatic rings. The zero-order valence-corrected chi connectivity index (χ0v) is 11.0. The molecule has 2 aromatic rings. The van der Waals surface area contributed by atoms with Crippen molar-refractivity contribution >= 4 is 17.3 Å². The first kappa shape index (κ1) is 13.2. The minimum atomic E-state index is -0.791. The van der Waals surface area contributed by atoms with Crippen molar-refractivity contribution in [2.75, 3.05) is 23.8 Å². The van der Waals surface area contributed by atoms with Gasteiger partial charge in [-0.25, -0.2) is 4.39 Å². The molecule has 3 N–H and O–H groups in total. The Labute approximate surface area is 120 Å². The summed E-state index contributed by atoms with van der Waals surface area (Å²) < 4.78 is 18.8. The number of hydrogen-bond donors (Lipinski definition) is 3. The lowest BCUT2D eigenvalue weighted by molar-refractivity contribution is 0.102. The molecule has 0 atom stereocenters. The van der Waals surface area contributed by atoms with Crippen molar-refractivity contribution in [3.8, 4) is 11.5 Å². The molecule has 0 spiro atoms. The van der Waals surface area contributed by atoms with Gasteiger partial charge in [-0.15, -0.1) is 0 Å². The monoisotopic (exact) mass is 288 g/mol. The van der Waals surface area contributed by atoms with Gasteiger partial charge in [-0.1, -0.05) is 6.07 Å². The third-order valence-electron chi connectivity index (χ3n) is 3.13. The Morgan fingerprint density at radius 2 is 2.19 bits per heavy atom. The van der Waals surface area contributed by atoms with Crippen molar-refractivity contribution in [2.24, 2.45) is 0 Å². The Kier molecular flexibility index (Phi) is 3.35. The molecule has 21 heavy (non-hydrogen) atoms. The number of phenolic OH excluding ortho intramolecular Hbond substituents is 1. The van der Waals surface area contributed by atoms with Crippen LogP contribution in [0.2, 0.25) is 0 Å². The molecule has 0 unspecified atom stereocenters. The predicted molar refractivity (Wildman–Crippen MR) is 76.4 cm³/mol. The summed E-state index contributed by atoms with van der Waals surface area (Å²) in [7, 11) is 0. The highest BCUT2D eigenvalue weighted by atomic mass is 19.1. The highest BCUT2D eigenvalue weighted by Crippen LogP contribution is 2.31. The Balaban J connectivity index is 1.87. The zero-order valence-electron chi connectivity index (χ0n) is 11.0. The van der Waals surface area contributed by atoms with Gasteiger partial charge in [-0.2, -0.15) is 0 Å². The minimum Gasteiger partial charge on any atom is -0.505 e. The molecule has 0 radical (unpaired) electrons. The lowest BCUT2D eigenvalue weighted by Gasteiger charge is -2.21. The average Bonchev–Trinajstić information content (AvgIpc) is 2.50. The number of fused-ring (bicyclic) bond motifs is 1. The fourth-order valence-corrected chi connectivity index (χ4v) is 2.13. The van der Waals surface area contributed by atoms with Crippen molar-refractivity contribution in [2.45, 2.75) is 0 Å². The van der Waals surface area contributed by atoms with E-state index < -0.39 is 17.5 Å². The van der Waals surface area contributed by atoms with Crippen LogP contribution in [0, 0.1) is 5.82 Å². The molecular formula is C15H13FN2O3. The van der Waals surface area contributed by atoms with Gasteiger partial charge in [0, 0.05) is 18.3 Å². The molecule has 0 aliphatic carbocycles. The van der Waals surface area contributed by atoms with Gasteiger partial charge in [-0.3, -0.25) is 4.79 Å².